The number of nitrogens with one attached hydrogen (secondary N) is 1. The monoisotopic (exact) mass is 439 g/mol. The van der Waals surface area contributed by atoms with Gasteiger partial charge in [0.05, 0.1) is 32.9 Å². The first-order valence-electron chi connectivity index (χ1n) is 11.3. The van der Waals surface area contributed by atoms with Crippen LogP contribution in [0.4, 0.5) is 0 Å². The number of Topliss-reactive ketones (excluding diaryl/α,β-unsaturated/α-hetero) is 1. The highest BCUT2D eigenvalue weighted by Crippen LogP contribution is 2.39. The molecule has 0 spiro atoms. The second kappa shape index (κ2) is 11.0. The Balaban J connectivity index is 1.92. The number of unbranched alkanes of at least 4 members (excludes halogenated alkanes) is 2. The SMILES string of the molecule is CCCC[NH+](CCCC)Cc1c([O-])ccc2c1OC(=Cc1ccc(OC)cc1OC)C2=O. The summed E-state index contributed by atoms with van der Waals surface area (Å²) in [7, 11) is 3.15. The molecule has 0 bridgehead atoms. The summed E-state index contributed by atoms with van der Waals surface area (Å²) in [6.45, 7) is 6.90. The molecule has 0 aliphatic carbocycles. The van der Waals surface area contributed by atoms with Gasteiger partial charge in [0.2, 0.25) is 5.78 Å². The molecule has 3 rings (SSSR count). The lowest BCUT2D eigenvalue weighted by Crippen LogP contribution is -3.10. The molecular weight excluding hydrogens is 406 g/mol. The predicted octanol–water partition coefficient (Wildman–Crippen LogP) is 3.38. The fraction of sp³-hybridized carbons (Fsp3) is 0.423. The molecule has 1 aliphatic rings. The van der Waals surface area contributed by atoms with E-state index in [2.05, 4.69) is 13.8 Å². The number of rotatable bonds is 11. The second-order valence-corrected chi connectivity index (χ2v) is 8.10. The van der Waals surface area contributed by atoms with Crippen molar-refractivity contribution >= 4 is 11.9 Å². The lowest BCUT2D eigenvalue weighted by atomic mass is 10.0. The van der Waals surface area contributed by atoms with Crippen molar-refractivity contribution in [1.82, 2.24) is 0 Å². The molecule has 0 amide bonds. The van der Waals surface area contributed by atoms with E-state index < -0.39 is 0 Å². The minimum Gasteiger partial charge on any atom is -0.872 e. The third-order valence-corrected chi connectivity index (χ3v) is 5.82. The van der Waals surface area contributed by atoms with Gasteiger partial charge < -0.3 is 24.2 Å². The van der Waals surface area contributed by atoms with Crippen molar-refractivity contribution in [2.75, 3.05) is 27.3 Å². The summed E-state index contributed by atoms with van der Waals surface area (Å²) in [6, 6.07) is 8.43. The maximum atomic E-state index is 13.0. The third kappa shape index (κ3) is 5.25. The number of allylic oxidation sites excluding steroid dienone is 1. The molecule has 2 aromatic rings. The molecule has 0 fully saturated rings. The number of carbonyl (C=O) groups is 1. The number of hydrogen-bond donors (Lipinski definition) is 1. The van der Waals surface area contributed by atoms with E-state index >= 15 is 0 Å². The Labute approximate surface area is 190 Å². The summed E-state index contributed by atoms with van der Waals surface area (Å²) >= 11 is 0. The summed E-state index contributed by atoms with van der Waals surface area (Å²) in [4.78, 5) is 14.4. The van der Waals surface area contributed by atoms with Crippen LogP contribution in [0.15, 0.2) is 36.1 Å². The molecule has 172 valence electrons. The van der Waals surface area contributed by atoms with Crippen molar-refractivity contribution in [3.8, 4) is 23.0 Å². The zero-order valence-corrected chi connectivity index (χ0v) is 19.5. The van der Waals surface area contributed by atoms with Gasteiger partial charge in [-0.1, -0.05) is 38.5 Å². The molecule has 0 atom stereocenters. The largest absolute Gasteiger partial charge is 0.872 e. The standard InChI is InChI=1S/C26H33NO5/c1-5-7-13-27(14-8-6-2)17-21-22(28)12-11-20-25(29)24(32-26(20)21)15-18-9-10-19(30-3)16-23(18)31-4/h9-12,15-16,28H,5-8,13-14,17H2,1-4H3. The Hall–Kier alpha value is -2.99. The molecule has 0 aromatic heterocycles. The summed E-state index contributed by atoms with van der Waals surface area (Å²) < 4.78 is 16.7. The van der Waals surface area contributed by atoms with Gasteiger partial charge in [0.15, 0.2) is 5.76 Å². The van der Waals surface area contributed by atoms with Crippen LogP contribution in [0.2, 0.25) is 0 Å². The first-order valence-corrected chi connectivity index (χ1v) is 11.3. The maximum Gasteiger partial charge on any atom is 0.231 e. The van der Waals surface area contributed by atoms with Crippen molar-refractivity contribution < 1.29 is 29.0 Å². The first-order chi connectivity index (χ1) is 15.5. The van der Waals surface area contributed by atoms with Crippen molar-refractivity contribution in [3.63, 3.8) is 0 Å². The van der Waals surface area contributed by atoms with Crippen LogP contribution in [0, 0.1) is 0 Å². The summed E-state index contributed by atoms with van der Waals surface area (Å²) in [5, 5.41) is 12.7. The highest BCUT2D eigenvalue weighted by atomic mass is 16.5. The predicted molar refractivity (Wildman–Crippen MR) is 123 cm³/mol. The number of benzene rings is 2. The van der Waals surface area contributed by atoms with E-state index in [-0.39, 0.29) is 17.3 Å². The Bertz CT molecular complexity index is 974. The van der Waals surface area contributed by atoms with Gasteiger partial charge in [-0.05, 0) is 37.1 Å². The van der Waals surface area contributed by atoms with Crippen molar-refractivity contribution in [2.24, 2.45) is 0 Å². The van der Waals surface area contributed by atoms with Crippen LogP contribution in [-0.4, -0.2) is 33.1 Å². The van der Waals surface area contributed by atoms with Gasteiger partial charge in [-0.15, -0.1) is 0 Å². The van der Waals surface area contributed by atoms with E-state index in [1.165, 1.54) is 11.0 Å². The lowest BCUT2D eigenvalue weighted by Gasteiger charge is -2.23. The zero-order valence-electron chi connectivity index (χ0n) is 19.5. The molecule has 6 nitrogen and oxygen atoms in total. The van der Waals surface area contributed by atoms with E-state index in [1.54, 1.807) is 38.5 Å². The van der Waals surface area contributed by atoms with E-state index in [0.717, 1.165) is 38.8 Å². The van der Waals surface area contributed by atoms with Gasteiger partial charge in [0.1, 0.15) is 23.8 Å². The molecule has 1 heterocycles. The van der Waals surface area contributed by atoms with E-state index in [9.17, 15) is 9.90 Å². The Morgan fingerprint density at radius 3 is 2.38 bits per heavy atom. The average molecular weight is 440 g/mol. The number of ketones is 1. The zero-order chi connectivity index (χ0) is 23.1. The third-order valence-electron chi connectivity index (χ3n) is 5.82. The van der Waals surface area contributed by atoms with Crippen LogP contribution >= 0.6 is 0 Å². The fourth-order valence-electron chi connectivity index (χ4n) is 3.94. The number of carbonyl (C=O) groups excluding carboxylic acids is 1. The molecule has 32 heavy (non-hydrogen) atoms. The van der Waals surface area contributed by atoms with E-state index in [0.29, 0.717) is 40.5 Å². The van der Waals surface area contributed by atoms with E-state index in [4.69, 9.17) is 14.2 Å². The molecule has 1 aliphatic heterocycles. The van der Waals surface area contributed by atoms with Gasteiger partial charge in [0, 0.05) is 17.2 Å². The van der Waals surface area contributed by atoms with Crippen LogP contribution in [-0.2, 0) is 6.54 Å². The summed E-state index contributed by atoms with van der Waals surface area (Å²) in [5.74, 6) is 1.54. The fourth-order valence-corrected chi connectivity index (χ4v) is 3.94. The number of fused-ring (bicyclic) bond motifs is 1. The van der Waals surface area contributed by atoms with Gasteiger partial charge in [-0.3, -0.25) is 4.79 Å². The molecule has 6 heteroatoms. The Kier molecular flexibility index (Phi) is 8.17. The maximum absolute atomic E-state index is 13.0. The number of ether oxygens (including phenoxy) is 3. The van der Waals surface area contributed by atoms with Crippen LogP contribution < -0.4 is 24.2 Å². The number of hydrogen-bond acceptors (Lipinski definition) is 5. The van der Waals surface area contributed by atoms with Crippen LogP contribution in [0.1, 0.15) is 61.0 Å². The molecule has 1 N–H and O–H groups in total. The van der Waals surface area contributed by atoms with Gasteiger partial charge >= 0.3 is 0 Å². The molecule has 0 saturated heterocycles. The Morgan fingerprint density at radius 2 is 1.75 bits per heavy atom. The second-order valence-electron chi connectivity index (χ2n) is 8.10. The first kappa shape index (κ1) is 23.7. The smallest absolute Gasteiger partial charge is 0.231 e. The van der Waals surface area contributed by atoms with Gasteiger partial charge in [0.25, 0.3) is 0 Å². The molecule has 0 saturated carbocycles. The number of quaternary nitrogens is 1. The van der Waals surface area contributed by atoms with Crippen molar-refractivity contribution in [3.05, 3.63) is 52.8 Å². The Morgan fingerprint density at radius 1 is 1.03 bits per heavy atom. The molecule has 2 aromatic carbocycles. The molecular formula is C26H33NO5. The quantitative estimate of drug-likeness (QED) is 0.544. The normalized spacial score (nSPS) is 14.0. The average Bonchev–Trinajstić information content (AvgIpc) is 3.12. The van der Waals surface area contributed by atoms with Crippen molar-refractivity contribution in [2.45, 2.75) is 46.1 Å². The van der Waals surface area contributed by atoms with Gasteiger partial charge in [-0.25, -0.2) is 0 Å². The van der Waals surface area contributed by atoms with Crippen LogP contribution in [0.25, 0.3) is 6.08 Å². The molecule has 0 unspecified atom stereocenters. The summed E-state index contributed by atoms with van der Waals surface area (Å²) in [5.41, 5.74) is 1.73. The minimum atomic E-state index is -0.220. The molecule has 0 radical (unpaired) electrons. The summed E-state index contributed by atoms with van der Waals surface area (Å²) in [6.07, 6.45) is 6.08. The highest BCUT2D eigenvalue weighted by molar-refractivity contribution is 6.15. The minimum absolute atomic E-state index is 0.0784. The highest BCUT2D eigenvalue weighted by Gasteiger charge is 2.31. The topological polar surface area (TPSA) is 72.3 Å². The van der Waals surface area contributed by atoms with Gasteiger partial charge in [-0.2, -0.15) is 0 Å². The van der Waals surface area contributed by atoms with Crippen LogP contribution in [0.5, 0.6) is 23.0 Å². The van der Waals surface area contributed by atoms with Crippen molar-refractivity contribution in [1.29, 1.82) is 0 Å². The lowest BCUT2D eigenvalue weighted by molar-refractivity contribution is -0.914. The van der Waals surface area contributed by atoms with Crippen LogP contribution in [0.3, 0.4) is 0 Å². The van der Waals surface area contributed by atoms with E-state index in [1.807, 2.05) is 6.07 Å². The number of methoxy groups -OCH3 is 2.